The van der Waals surface area contributed by atoms with Crippen LogP contribution in [0.1, 0.15) is 26.2 Å². The summed E-state index contributed by atoms with van der Waals surface area (Å²) in [4.78, 5) is 13.1. The predicted molar refractivity (Wildman–Crippen MR) is 87.9 cm³/mol. The molecule has 1 aliphatic carbocycles. The molecule has 5 heteroatoms. The summed E-state index contributed by atoms with van der Waals surface area (Å²) >= 11 is 0. The third kappa shape index (κ3) is 2.79. The highest BCUT2D eigenvalue weighted by Crippen LogP contribution is 2.39. The Bertz CT molecular complexity index is 772. The molecule has 1 aromatic rings. The second-order valence-electron chi connectivity index (χ2n) is 5.84. The van der Waals surface area contributed by atoms with Crippen LogP contribution in [0.2, 0.25) is 0 Å². The first kappa shape index (κ1) is 16.1. The van der Waals surface area contributed by atoms with Crippen molar-refractivity contribution in [1.29, 1.82) is 0 Å². The lowest BCUT2D eigenvalue weighted by molar-refractivity contribution is -0.114. The van der Waals surface area contributed by atoms with Crippen molar-refractivity contribution in [1.82, 2.24) is 0 Å². The average Bonchev–Trinajstić information content (AvgIpc) is 2.86. The van der Waals surface area contributed by atoms with Crippen molar-refractivity contribution in [2.45, 2.75) is 36.3 Å². The Morgan fingerprint density at radius 3 is 2.65 bits per heavy atom. The molecule has 122 valence electrons. The smallest absolute Gasteiger partial charge is 0.192 e. The molecule has 1 aromatic carbocycles. The number of carbonyl (C=O) groups is 1. The zero-order valence-electron chi connectivity index (χ0n) is 13.1. The maximum absolute atomic E-state index is 13.0. The summed E-state index contributed by atoms with van der Waals surface area (Å²) in [5, 5.41) is -1.10. The average molecular weight is 332 g/mol. The molecule has 23 heavy (non-hydrogen) atoms. The van der Waals surface area contributed by atoms with E-state index in [2.05, 4.69) is 6.92 Å². The van der Waals surface area contributed by atoms with Gasteiger partial charge >= 0.3 is 0 Å². The van der Waals surface area contributed by atoms with E-state index in [1.54, 1.807) is 36.4 Å². The Balaban J connectivity index is 2.05. The van der Waals surface area contributed by atoms with Crippen molar-refractivity contribution in [2.24, 2.45) is 0 Å². The van der Waals surface area contributed by atoms with Crippen molar-refractivity contribution in [2.75, 3.05) is 13.2 Å². The van der Waals surface area contributed by atoms with E-state index in [1.165, 1.54) is 0 Å². The lowest BCUT2D eigenvalue weighted by Crippen LogP contribution is -2.30. The molecule has 1 heterocycles. The fourth-order valence-electron chi connectivity index (χ4n) is 3.17. The zero-order valence-corrected chi connectivity index (χ0v) is 13.9. The number of benzene rings is 1. The van der Waals surface area contributed by atoms with Crippen LogP contribution in [-0.2, 0) is 19.4 Å². The number of ketones is 1. The molecule has 0 saturated heterocycles. The highest BCUT2D eigenvalue weighted by molar-refractivity contribution is 7.93. The van der Waals surface area contributed by atoms with Gasteiger partial charge in [0.1, 0.15) is 0 Å². The van der Waals surface area contributed by atoms with Crippen LogP contribution in [0.15, 0.2) is 58.0 Å². The molecule has 3 rings (SSSR count). The molecule has 1 atom stereocenters. The van der Waals surface area contributed by atoms with Gasteiger partial charge in [0, 0.05) is 5.57 Å². The van der Waals surface area contributed by atoms with Crippen LogP contribution in [-0.4, -0.2) is 32.7 Å². The predicted octanol–water partition coefficient (Wildman–Crippen LogP) is 2.86. The quantitative estimate of drug-likeness (QED) is 0.832. The topological polar surface area (TPSA) is 60.4 Å². The van der Waals surface area contributed by atoms with E-state index in [9.17, 15) is 13.2 Å². The molecule has 0 amide bonds. The van der Waals surface area contributed by atoms with Crippen molar-refractivity contribution >= 4 is 15.6 Å². The molecule has 1 unspecified atom stereocenters. The number of carbonyl (C=O) groups excluding carboxylic acids is 1. The Morgan fingerprint density at radius 2 is 1.96 bits per heavy atom. The van der Waals surface area contributed by atoms with Crippen molar-refractivity contribution in [3.8, 4) is 0 Å². The van der Waals surface area contributed by atoms with E-state index in [4.69, 9.17) is 4.74 Å². The van der Waals surface area contributed by atoms with Crippen LogP contribution in [0.3, 0.4) is 0 Å². The van der Waals surface area contributed by atoms with Crippen LogP contribution < -0.4 is 0 Å². The molecule has 0 N–H and O–H groups in total. The first-order valence-corrected chi connectivity index (χ1v) is 9.45. The van der Waals surface area contributed by atoms with Gasteiger partial charge in [-0.15, -0.1) is 0 Å². The van der Waals surface area contributed by atoms with E-state index in [0.29, 0.717) is 30.8 Å². The SMILES string of the molecule is CCCCC1=C2COCC=C2C(S(=O)(=O)c2ccccc2)C1=O. The number of hydrogen-bond donors (Lipinski definition) is 0. The number of rotatable bonds is 5. The summed E-state index contributed by atoms with van der Waals surface area (Å²) in [5.74, 6) is -0.269. The largest absolute Gasteiger partial charge is 0.373 e. The minimum Gasteiger partial charge on any atom is -0.373 e. The zero-order chi connectivity index (χ0) is 16.4. The molecule has 0 fully saturated rings. The first-order valence-electron chi connectivity index (χ1n) is 7.90. The molecule has 0 spiro atoms. The van der Waals surface area contributed by atoms with Crippen LogP contribution in [0, 0.1) is 0 Å². The summed E-state index contributed by atoms with van der Waals surface area (Å²) in [7, 11) is -3.73. The van der Waals surface area contributed by atoms with Crippen molar-refractivity contribution in [3.63, 3.8) is 0 Å². The van der Waals surface area contributed by atoms with E-state index < -0.39 is 15.1 Å². The number of ether oxygens (including phenoxy) is 1. The van der Waals surface area contributed by atoms with Gasteiger partial charge in [0.25, 0.3) is 0 Å². The maximum Gasteiger partial charge on any atom is 0.192 e. The molecule has 0 radical (unpaired) electrons. The summed E-state index contributed by atoms with van der Waals surface area (Å²) in [6, 6.07) is 8.21. The van der Waals surface area contributed by atoms with Gasteiger partial charge in [0.2, 0.25) is 0 Å². The second-order valence-corrected chi connectivity index (χ2v) is 7.87. The Hall–Kier alpha value is -1.72. The molecule has 0 saturated carbocycles. The number of allylic oxidation sites excluding steroid dienone is 1. The highest BCUT2D eigenvalue weighted by atomic mass is 32.2. The van der Waals surface area contributed by atoms with E-state index in [0.717, 1.165) is 18.4 Å². The number of hydrogen-bond acceptors (Lipinski definition) is 4. The fourth-order valence-corrected chi connectivity index (χ4v) is 4.98. The lowest BCUT2D eigenvalue weighted by atomic mass is 10.0. The van der Waals surface area contributed by atoms with Gasteiger partial charge < -0.3 is 4.74 Å². The van der Waals surface area contributed by atoms with Crippen LogP contribution in [0.5, 0.6) is 0 Å². The van der Waals surface area contributed by atoms with Gasteiger partial charge in [0.05, 0.1) is 18.1 Å². The van der Waals surface area contributed by atoms with Crippen LogP contribution in [0.25, 0.3) is 0 Å². The lowest BCUT2D eigenvalue weighted by Gasteiger charge is -2.18. The number of fused-ring (bicyclic) bond motifs is 1. The Morgan fingerprint density at radius 1 is 1.22 bits per heavy atom. The number of sulfone groups is 1. The molecule has 0 bridgehead atoms. The van der Waals surface area contributed by atoms with Crippen LogP contribution in [0.4, 0.5) is 0 Å². The van der Waals surface area contributed by atoms with E-state index >= 15 is 0 Å². The van der Waals surface area contributed by atoms with Gasteiger partial charge in [-0.25, -0.2) is 8.42 Å². The Labute approximate surface area is 136 Å². The third-order valence-corrected chi connectivity index (χ3v) is 6.38. The van der Waals surface area contributed by atoms with Crippen molar-refractivity contribution < 1.29 is 17.9 Å². The van der Waals surface area contributed by atoms with E-state index in [-0.39, 0.29) is 10.7 Å². The van der Waals surface area contributed by atoms with Crippen LogP contribution >= 0.6 is 0 Å². The fraction of sp³-hybridized carbons (Fsp3) is 0.389. The summed E-state index contributed by atoms with van der Waals surface area (Å²) in [5.41, 5.74) is 2.07. The minimum absolute atomic E-state index is 0.196. The number of unbranched alkanes of at least 4 members (excludes halogenated alkanes) is 1. The van der Waals surface area contributed by atoms with Crippen molar-refractivity contribution in [3.05, 3.63) is 53.1 Å². The van der Waals surface area contributed by atoms with Gasteiger partial charge in [-0.2, -0.15) is 0 Å². The first-order chi connectivity index (χ1) is 11.1. The molecule has 1 aliphatic heterocycles. The molecular formula is C18H20O4S. The standard InChI is InChI=1S/C18H20O4S/c1-2-3-9-14-16-12-22-11-10-15(16)18(17(14)19)23(20,21)13-7-5-4-6-8-13/h4-8,10,18H,2-3,9,11-12H2,1H3. The molecule has 4 nitrogen and oxygen atoms in total. The summed E-state index contributed by atoms with van der Waals surface area (Å²) in [6.07, 6.45) is 4.20. The Kier molecular flexibility index (Phi) is 4.50. The minimum atomic E-state index is -3.73. The molecule has 2 aliphatic rings. The highest BCUT2D eigenvalue weighted by Gasteiger charge is 2.46. The monoisotopic (exact) mass is 332 g/mol. The third-order valence-electron chi connectivity index (χ3n) is 4.36. The van der Waals surface area contributed by atoms with Gasteiger partial charge in [-0.3, -0.25) is 4.79 Å². The van der Waals surface area contributed by atoms with E-state index in [1.807, 2.05) is 0 Å². The van der Waals surface area contributed by atoms with Gasteiger partial charge in [-0.05, 0) is 36.1 Å². The van der Waals surface area contributed by atoms with Gasteiger partial charge in [0.15, 0.2) is 20.9 Å². The molecule has 0 aromatic heterocycles. The molecular weight excluding hydrogens is 312 g/mol. The normalized spacial score (nSPS) is 21.3. The number of Topliss-reactive ketones (excluding diaryl/α,β-unsaturated/α-hetero) is 1. The summed E-state index contributed by atoms with van der Waals surface area (Å²) < 4.78 is 31.4. The second kappa shape index (κ2) is 6.42. The van der Waals surface area contributed by atoms with Gasteiger partial charge in [-0.1, -0.05) is 37.6 Å². The summed E-state index contributed by atoms with van der Waals surface area (Å²) in [6.45, 7) is 2.74. The maximum atomic E-state index is 13.0.